The first kappa shape index (κ1) is 10.1. The Labute approximate surface area is 67.5 Å². The number of hydrogen-bond donors (Lipinski definition) is 0. The van der Waals surface area contributed by atoms with Crippen molar-refractivity contribution in [1.29, 1.82) is 0 Å². The minimum absolute atomic E-state index is 0.145. The van der Waals surface area contributed by atoms with E-state index in [0.29, 0.717) is 13.0 Å². The van der Waals surface area contributed by atoms with Crippen molar-refractivity contribution in [2.24, 2.45) is 4.99 Å². The van der Waals surface area contributed by atoms with Crippen molar-refractivity contribution in [1.82, 2.24) is 0 Å². The molecule has 0 aromatic rings. The molecule has 0 aliphatic carbocycles. The van der Waals surface area contributed by atoms with Gasteiger partial charge in [-0.15, -0.1) is 0 Å². The van der Waals surface area contributed by atoms with E-state index in [-0.39, 0.29) is 5.97 Å². The Bertz CT molecular complexity index is 152. The fourth-order valence-electron chi connectivity index (χ4n) is 0.526. The number of nitrogens with zero attached hydrogens (tertiary/aromatic N) is 1. The molecule has 11 heavy (non-hydrogen) atoms. The Kier molecular flexibility index (Phi) is 5.43. The largest absolute Gasteiger partial charge is 0.465 e. The van der Waals surface area contributed by atoms with Crippen molar-refractivity contribution in [3.8, 4) is 0 Å². The maximum absolute atomic E-state index is 10.6. The molecule has 0 rings (SSSR count). The molecule has 0 saturated carbocycles. The van der Waals surface area contributed by atoms with Gasteiger partial charge < -0.3 is 4.74 Å². The van der Waals surface area contributed by atoms with Crippen LogP contribution in [0.2, 0.25) is 0 Å². The van der Waals surface area contributed by atoms with E-state index in [0.717, 1.165) is 12.1 Å². The minimum atomic E-state index is -0.145. The zero-order chi connectivity index (χ0) is 8.69. The number of carbonyl (C=O) groups is 1. The number of esters is 1. The molecule has 0 heterocycles. The minimum Gasteiger partial charge on any atom is -0.465 e. The molecule has 0 radical (unpaired) electrons. The first-order valence-electron chi connectivity index (χ1n) is 3.78. The first-order valence-corrected chi connectivity index (χ1v) is 3.78. The van der Waals surface area contributed by atoms with E-state index < -0.39 is 0 Å². The SMILES string of the molecule is CCC(=O)OCCC(C)=NC. The predicted molar refractivity (Wildman–Crippen MR) is 44.9 cm³/mol. The molecule has 64 valence electrons. The van der Waals surface area contributed by atoms with Crippen LogP contribution in [0.25, 0.3) is 0 Å². The van der Waals surface area contributed by atoms with Crippen molar-refractivity contribution >= 4 is 11.7 Å². The number of ether oxygens (including phenoxy) is 1. The zero-order valence-corrected chi connectivity index (χ0v) is 7.39. The highest BCUT2D eigenvalue weighted by atomic mass is 16.5. The van der Waals surface area contributed by atoms with Crippen molar-refractivity contribution in [3.05, 3.63) is 0 Å². The zero-order valence-electron chi connectivity index (χ0n) is 7.39. The van der Waals surface area contributed by atoms with Gasteiger partial charge >= 0.3 is 5.97 Å². The molecule has 0 amide bonds. The monoisotopic (exact) mass is 157 g/mol. The molecular formula is C8H15NO2. The summed E-state index contributed by atoms with van der Waals surface area (Å²) in [6, 6.07) is 0. The number of aliphatic imine (C=N–C) groups is 1. The van der Waals surface area contributed by atoms with Crippen LogP contribution in [-0.2, 0) is 9.53 Å². The number of rotatable bonds is 4. The molecule has 0 spiro atoms. The van der Waals surface area contributed by atoms with Gasteiger partial charge in [-0.2, -0.15) is 0 Å². The first-order chi connectivity index (χ1) is 5.20. The van der Waals surface area contributed by atoms with Gasteiger partial charge in [-0.3, -0.25) is 9.79 Å². The van der Waals surface area contributed by atoms with Crippen LogP contribution in [0.3, 0.4) is 0 Å². The average molecular weight is 157 g/mol. The molecule has 0 aliphatic heterocycles. The summed E-state index contributed by atoms with van der Waals surface area (Å²) in [5.74, 6) is -0.145. The number of carbonyl (C=O) groups excluding carboxylic acids is 1. The fourth-order valence-corrected chi connectivity index (χ4v) is 0.526. The molecule has 0 unspecified atom stereocenters. The summed E-state index contributed by atoms with van der Waals surface area (Å²) in [7, 11) is 1.73. The van der Waals surface area contributed by atoms with Crippen molar-refractivity contribution in [2.75, 3.05) is 13.7 Å². The van der Waals surface area contributed by atoms with Crippen LogP contribution in [-0.4, -0.2) is 25.3 Å². The lowest BCUT2D eigenvalue weighted by Gasteiger charge is -2.01. The van der Waals surface area contributed by atoms with Gasteiger partial charge in [-0.05, 0) is 6.92 Å². The summed E-state index contributed by atoms with van der Waals surface area (Å²) >= 11 is 0. The lowest BCUT2D eigenvalue weighted by Crippen LogP contribution is -2.06. The summed E-state index contributed by atoms with van der Waals surface area (Å²) < 4.78 is 4.84. The van der Waals surface area contributed by atoms with E-state index in [4.69, 9.17) is 4.74 Å². The summed E-state index contributed by atoms with van der Waals surface area (Å²) in [5, 5.41) is 0. The molecule has 3 heteroatoms. The Balaban J connectivity index is 3.35. The van der Waals surface area contributed by atoms with E-state index in [9.17, 15) is 4.79 Å². The predicted octanol–water partition coefficient (Wildman–Crippen LogP) is 1.42. The molecule has 3 nitrogen and oxygen atoms in total. The van der Waals surface area contributed by atoms with Gasteiger partial charge in [-0.1, -0.05) is 6.92 Å². The second-order valence-electron chi connectivity index (χ2n) is 2.28. The third kappa shape index (κ3) is 5.58. The van der Waals surface area contributed by atoms with E-state index in [1.807, 2.05) is 6.92 Å². The van der Waals surface area contributed by atoms with Crippen molar-refractivity contribution in [2.45, 2.75) is 26.7 Å². The van der Waals surface area contributed by atoms with Gasteiger partial charge in [-0.25, -0.2) is 0 Å². The highest BCUT2D eigenvalue weighted by Crippen LogP contribution is 1.89. The van der Waals surface area contributed by atoms with Crippen LogP contribution in [0.1, 0.15) is 26.7 Å². The third-order valence-electron chi connectivity index (χ3n) is 1.40. The quantitative estimate of drug-likeness (QED) is 0.457. The Morgan fingerprint density at radius 3 is 2.64 bits per heavy atom. The molecule has 0 aromatic carbocycles. The highest BCUT2D eigenvalue weighted by molar-refractivity contribution is 5.82. The normalized spacial score (nSPS) is 11.4. The molecule has 0 fully saturated rings. The summed E-state index contributed by atoms with van der Waals surface area (Å²) in [4.78, 5) is 14.6. The van der Waals surface area contributed by atoms with Crippen LogP contribution < -0.4 is 0 Å². The van der Waals surface area contributed by atoms with Gasteiger partial charge in [0.05, 0.1) is 6.61 Å². The number of hydrogen-bond acceptors (Lipinski definition) is 3. The molecule has 0 saturated heterocycles. The molecule has 0 bridgehead atoms. The highest BCUT2D eigenvalue weighted by Gasteiger charge is 1.97. The molecular weight excluding hydrogens is 142 g/mol. The molecule has 0 atom stereocenters. The van der Waals surface area contributed by atoms with Gasteiger partial charge in [0.15, 0.2) is 0 Å². The van der Waals surface area contributed by atoms with E-state index in [1.165, 1.54) is 0 Å². The van der Waals surface area contributed by atoms with Crippen LogP contribution >= 0.6 is 0 Å². The lowest BCUT2D eigenvalue weighted by atomic mass is 10.3. The molecule has 0 aliphatic rings. The second kappa shape index (κ2) is 5.89. The van der Waals surface area contributed by atoms with Crippen LogP contribution in [0.5, 0.6) is 0 Å². The second-order valence-corrected chi connectivity index (χ2v) is 2.28. The van der Waals surface area contributed by atoms with E-state index in [1.54, 1.807) is 14.0 Å². The maximum Gasteiger partial charge on any atom is 0.305 e. The van der Waals surface area contributed by atoms with Crippen LogP contribution in [0, 0.1) is 0 Å². The Hall–Kier alpha value is -0.860. The summed E-state index contributed by atoms with van der Waals surface area (Å²) in [5.41, 5.74) is 1.01. The third-order valence-corrected chi connectivity index (χ3v) is 1.40. The van der Waals surface area contributed by atoms with Gasteiger partial charge in [0.2, 0.25) is 0 Å². The smallest absolute Gasteiger partial charge is 0.305 e. The Morgan fingerprint density at radius 1 is 1.55 bits per heavy atom. The van der Waals surface area contributed by atoms with Gasteiger partial charge in [0.1, 0.15) is 0 Å². The summed E-state index contributed by atoms with van der Waals surface area (Å²) in [6.07, 6.45) is 1.19. The van der Waals surface area contributed by atoms with Gasteiger partial charge in [0, 0.05) is 25.6 Å². The standard InChI is InChI=1S/C8H15NO2/c1-4-8(10)11-6-5-7(2)9-3/h4-6H2,1-3H3. The van der Waals surface area contributed by atoms with Crippen molar-refractivity contribution in [3.63, 3.8) is 0 Å². The van der Waals surface area contributed by atoms with E-state index >= 15 is 0 Å². The molecule has 0 aromatic heterocycles. The average Bonchev–Trinajstić information content (AvgIpc) is 2.04. The van der Waals surface area contributed by atoms with Crippen LogP contribution in [0.15, 0.2) is 4.99 Å². The fraction of sp³-hybridized carbons (Fsp3) is 0.750. The van der Waals surface area contributed by atoms with Crippen LogP contribution in [0.4, 0.5) is 0 Å². The summed E-state index contributed by atoms with van der Waals surface area (Å²) in [6.45, 7) is 4.15. The topological polar surface area (TPSA) is 38.7 Å². The van der Waals surface area contributed by atoms with Gasteiger partial charge in [0.25, 0.3) is 0 Å². The maximum atomic E-state index is 10.6. The lowest BCUT2D eigenvalue weighted by molar-refractivity contribution is -0.142. The van der Waals surface area contributed by atoms with Crippen molar-refractivity contribution < 1.29 is 9.53 Å². The van der Waals surface area contributed by atoms with E-state index in [2.05, 4.69) is 4.99 Å². The Morgan fingerprint density at radius 2 is 2.18 bits per heavy atom. The molecule has 0 N–H and O–H groups in total.